The monoisotopic (exact) mass is 485 g/mol. The van der Waals surface area contributed by atoms with Crippen LogP contribution in [0.4, 0.5) is 5.69 Å². The Bertz CT molecular complexity index is 1490. The van der Waals surface area contributed by atoms with E-state index in [2.05, 4.69) is 27.7 Å². The molecule has 176 valence electrons. The van der Waals surface area contributed by atoms with E-state index in [0.717, 1.165) is 47.1 Å². The number of nitrogens with one attached hydrogen (secondary N) is 1. The quantitative estimate of drug-likeness (QED) is 0.279. The SMILES string of the molecule is CCCCc1ccc(NC(=O)c2nnn(-c3ccc4noc(-c5ccc(Cl)cc5)c4c3)c2C)cc1. The summed E-state index contributed by atoms with van der Waals surface area (Å²) >= 11 is 6.02. The van der Waals surface area contributed by atoms with Gasteiger partial charge in [-0.05, 0) is 79.9 Å². The third-order valence-corrected chi connectivity index (χ3v) is 6.20. The second-order valence-electron chi connectivity index (χ2n) is 8.41. The number of amides is 1. The zero-order valence-corrected chi connectivity index (χ0v) is 20.2. The Balaban J connectivity index is 1.40. The fourth-order valence-electron chi connectivity index (χ4n) is 3.98. The van der Waals surface area contributed by atoms with Gasteiger partial charge >= 0.3 is 0 Å². The number of fused-ring (bicyclic) bond motifs is 1. The first-order valence-corrected chi connectivity index (χ1v) is 11.9. The Morgan fingerprint density at radius 3 is 2.57 bits per heavy atom. The molecule has 7 nitrogen and oxygen atoms in total. The number of hydrogen-bond donors (Lipinski definition) is 1. The van der Waals surface area contributed by atoms with Crippen molar-refractivity contribution in [2.45, 2.75) is 33.1 Å². The second kappa shape index (κ2) is 9.72. The number of anilines is 1. The maximum atomic E-state index is 12.9. The molecule has 0 aliphatic heterocycles. The molecule has 0 fully saturated rings. The van der Waals surface area contributed by atoms with E-state index in [-0.39, 0.29) is 11.6 Å². The molecule has 0 aliphatic rings. The van der Waals surface area contributed by atoms with E-state index in [1.165, 1.54) is 5.56 Å². The average Bonchev–Trinajstić information content (AvgIpc) is 3.47. The van der Waals surface area contributed by atoms with Crippen molar-refractivity contribution < 1.29 is 9.32 Å². The van der Waals surface area contributed by atoms with Gasteiger partial charge in [-0.25, -0.2) is 4.68 Å². The summed E-state index contributed by atoms with van der Waals surface area (Å²) in [6.07, 6.45) is 3.34. The topological polar surface area (TPSA) is 85.8 Å². The Morgan fingerprint density at radius 1 is 1.06 bits per heavy atom. The number of hydrogen-bond acceptors (Lipinski definition) is 5. The molecule has 0 bridgehead atoms. The summed E-state index contributed by atoms with van der Waals surface area (Å²) in [6, 6.07) is 20.9. The van der Waals surface area contributed by atoms with Crippen molar-refractivity contribution in [2.24, 2.45) is 0 Å². The number of benzene rings is 3. The van der Waals surface area contributed by atoms with Crippen molar-refractivity contribution >= 4 is 34.1 Å². The van der Waals surface area contributed by atoms with Gasteiger partial charge in [0, 0.05) is 16.3 Å². The molecule has 5 rings (SSSR count). The molecule has 2 heterocycles. The van der Waals surface area contributed by atoms with E-state index >= 15 is 0 Å². The lowest BCUT2D eigenvalue weighted by atomic mass is 10.1. The molecule has 0 saturated heterocycles. The van der Waals surface area contributed by atoms with Crippen LogP contribution in [-0.4, -0.2) is 26.1 Å². The highest BCUT2D eigenvalue weighted by Crippen LogP contribution is 2.31. The van der Waals surface area contributed by atoms with Crippen LogP contribution in [0.2, 0.25) is 5.02 Å². The largest absolute Gasteiger partial charge is 0.355 e. The molecule has 1 N–H and O–H groups in total. The Labute approximate surface area is 207 Å². The fraction of sp³-hybridized carbons (Fsp3) is 0.185. The number of aromatic nitrogens is 4. The van der Waals surface area contributed by atoms with Crippen molar-refractivity contribution in [1.82, 2.24) is 20.2 Å². The van der Waals surface area contributed by atoms with Crippen molar-refractivity contribution in [3.05, 3.63) is 88.7 Å². The van der Waals surface area contributed by atoms with Crippen molar-refractivity contribution in [3.63, 3.8) is 0 Å². The molecule has 0 saturated carbocycles. The Hall–Kier alpha value is -3.97. The van der Waals surface area contributed by atoms with Crippen LogP contribution in [-0.2, 0) is 6.42 Å². The highest BCUT2D eigenvalue weighted by atomic mass is 35.5. The molecule has 8 heteroatoms. The number of carbonyl (C=O) groups is 1. The highest BCUT2D eigenvalue weighted by Gasteiger charge is 2.19. The van der Waals surface area contributed by atoms with E-state index in [0.29, 0.717) is 16.5 Å². The number of carbonyl (C=O) groups excluding carboxylic acids is 1. The van der Waals surface area contributed by atoms with Crippen LogP contribution in [0, 0.1) is 6.92 Å². The van der Waals surface area contributed by atoms with E-state index in [1.54, 1.807) is 16.8 Å². The maximum Gasteiger partial charge on any atom is 0.278 e. The number of halogens is 1. The summed E-state index contributed by atoms with van der Waals surface area (Å²) in [5.74, 6) is 0.333. The van der Waals surface area contributed by atoms with Crippen LogP contribution in [0.25, 0.3) is 27.9 Å². The van der Waals surface area contributed by atoms with E-state index in [9.17, 15) is 4.79 Å². The predicted octanol–water partition coefficient (Wildman–Crippen LogP) is 6.63. The summed E-state index contributed by atoms with van der Waals surface area (Å²) in [6.45, 7) is 3.99. The zero-order valence-electron chi connectivity index (χ0n) is 19.5. The van der Waals surface area contributed by atoms with Gasteiger partial charge in [-0.1, -0.05) is 47.4 Å². The van der Waals surface area contributed by atoms with Crippen LogP contribution in [0.5, 0.6) is 0 Å². The van der Waals surface area contributed by atoms with Crippen LogP contribution in [0.3, 0.4) is 0 Å². The van der Waals surface area contributed by atoms with Gasteiger partial charge in [0.1, 0.15) is 5.52 Å². The van der Waals surface area contributed by atoms with E-state index in [4.69, 9.17) is 16.1 Å². The Kier molecular flexibility index (Phi) is 6.33. The van der Waals surface area contributed by atoms with Crippen LogP contribution in [0.1, 0.15) is 41.5 Å². The molecule has 0 aliphatic carbocycles. The number of rotatable bonds is 7. The first-order valence-electron chi connectivity index (χ1n) is 11.5. The highest BCUT2D eigenvalue weighted by molar-refractivity contribution is 6.30. The van der Waals surface area contributed by atoms with E-state index in [1.807, 2.05) is 61.5 Å². The lowest BCUT2D eigenvalue weighted by Crippen LogP contribution is -2.14. The minimum Gasteiger partial charge on any atom is -0.355 e. The van der Waals surface area contributed by atoms with Crippen molar-refractivity contribution in [3.8, 4) is 17.0 Å². The molecule has 0 radical (unpaired) electrons. The normalized spacial score (nSPS) is 11.2. The standard InChI is InChI=1S/C27H24ClN5O2/c1-3-4-5-18-6-12-21(13-7-18)29-27(34)25-17(2)33(32-30-25)22-14-15-24-23(16-22)26(35-31-24)19-8-10-20(28)11-9-19/h6-16H,3-5H2,1-2H3,(H,29,34). The molecule has 5 aromatic rings. The van der Waals surface area contributed by atoms with Gasteiger partial charge in [-0.2, -0.15) is 0 Å². The van der Waals surface area contributed by atoms with Crippen LogP contribution in [0.15, 0.2) is 71.3 Å². The van der Waals surface area contributed by atoms with Crippen molar-refractivity contribution in [2.75, 3.05) is 5.32 Å². The molecule has 0 spiro atoms. The van der Waals surface area contributed by atoms with Crippen LogP contribution < -0.4 is 5.32 Å². The second-order valence-corrected chi connectivity index (χ2v) is 8.85. The molecule has 35 heavy (non-hydrogen) atoms. The molecular formula is C27H24ClN5O2. The first kappa shape index (κ1) is 22.8. The third-order valence-electron chi connectivity index (χ3n) is 5.95. The minimum absolute atomic E-state index is 0.267. The first-order chi connectivity index (χ1) is 17.0. The van der Waals surface area contributed by atoms with Crippen molar-refractivity contribution in [1.29, 1.82) is 0 Å². The van der Waals surface area contributed by atoms with Gasteiger partial charge in [0.05, 0.1) is 16.8 Å². The zero-order chi connectivity index (χ0) is 24.4. The van der Waals surface area contributed by atoms with Gasteiger partial charge in [0.2, 0.25) is 0 Å². The van der Waals surface area contributed by atoms with Gasteiger partial charge < -0.3 is 9.84 Å². The molecule has 1 amide bonds. The Morgan fingerprint density at radius 2 is 1.83 bits per heavy atom. The van der Waals surface area contributed by atoms with Gasteiger partial charge in [0.25, 0.3) is 5.91 Å². The number of aryl methyl sites for hydroxylation is 1. The third kappa shape index (κ3) is 4.68. The van der Waals surface area contributed by atoms with Gasteiger partial charge in [0.15, 0.2) is 11.5 Å². The summed E-state index contributed by atoms with van der Waals surface area (Å²) in [5, 5.41) is 16.9. The predicted molar refractivity (Wildman–Crippen MR) is 137 cm³/mol. The lowest BCUT2D eigenvalue weighted by Gasteiger charge is -2.07. The number of nitrogens with zero attached hydrogens (tertiary/aromatic N) is 4. The summed E-state index contributed by atoms with van der Waals surface area (Å²) < 4.78 is 7.24. The van der Waals surface area contributed by atoms with E-state index < -0.39 is 0 Å². The molecule has 0 atom stereocenters. The molecule has 0 unspecified atom stereocenters. The smallest absolute Gasteiger partial charge is 0.278 e. The summed E-state index contributed by atoms with van der Waals surface area (Å²) in [4.78, 5) is 12.9. The number of unbranched alkanes of at least 4 members (excludes halogenated alkanes) is 1. The fourth-order valence-corrected chi connectivity index (χ4v) is 4.11. The van der Waals surface area contributed by atoms with Gasteiger partial charge in [-0.3, -0.25) is 4.79 Å². The lowest BCUT2D eigenvalue weighted by molar-refractivity contribution is 0.102. The summed E-state index contributed by atoms with van der Waals surface area (Å²) in [7, 11) is 0. The average molecular weight is 486 g/mol. The van der Waals surface area contributed by atoms with Gasteiger partial charge in [-0.15, -0.1) is 5.10 Å². The van der Waals surface area contributed by atoms with Crippen LogP contribution >= 0.6 is 11.6 Å². The summed E-state index contributed by atoms with van der Waals surface area (Å²) in [5.41, 5.74) is 5.22. The molecule has 2 aromatic heterocycles. The minimum atomic E-state index is -0.303. The maximum absolute atomic E-state index is 12.9. The molecule has 3 aromatic carbocycles. The molecular weight excluding hydrogens is 462 g/mol.